The van der Waals surface area contributed by atoms with Crippen molar-refractivity contribution < 1.29 is 9.53 Å². The zero-order chi connectivity index (χ0) is 17.2. The molecule has 1 aliphatic rings. The van der Waals surface area contributed by atoms with Gasteiger partial charge < -0.3 is 15.0 Å². The minimum absolute atomic E-state index is 0.0173. The highest BCUT2D eigenvalue weighted by Crippen LogP contribution is 2.21. The first-order valence-electron chi connectivity index (χ1n) is 8.33. The number of benzene rings is 2. The topological polar surface area (TPSA) is 54.5 Å². The van der Waals surface area contributed by atoms with Gasteiger partial charge in [0.05, 0.1) is 18.6 Å². The second kappa shape index (κ2) is 6.43. The first-order valence-corrected chi connectivity index (χ1v) is 8.33. The van der Waals surface area contributed by atoms with Gasteiger partial charge >= 0.3 is 6.03 Å². The van der Waals surface area contributed by atoms with Gasteiger partial charge in [-0.25, -0.2) is 9.78 Å². The van der Waals surface area contributed by atoms with Crippen LogP contribution in [0.1, 0.15) is 5.56 Å². The number of carbonyl (C=O) groups excluding carboxylic acids is 1. The highest BCUT2D eigenvalue weighted by atomic mass is 16.5. The number of para-hydroxylation sites is 2. The van der Waals surface area contributed by atoms with Crippen molar-refractivity contribution in [1.82, 2.24) is 9.88 Å². The van der Waals surface area contributed by atoms with Gasteiger partial charge in [0.15, 0.2) is 0 Å². The number of nitrogens with one attached hydrogen (secondary N) is 1. The predicted molar refractivity (Wildman–Crippen MR) is 97.9 cm³/mol. The molecule has 1 fully saturated rings. The highest BCUT2D eigenvalue weighted by Gasteiger charge is 2.32. The Kier molecular flexibility index (Phi) is 3.98. The van der Waals surface area contributed by atoms with Crippen molar-refractivity contribution in [3.05, 3.63) is 66.2 Å². The van der Waals surface area contributed by atoms with Crippen LogP contribution >= 0.6 is 0 Å². The van der Waals surface area contributed by atoms with Crippen LogP contribution in [-0.4, -0.2) is 35.1 Å². The van der Waals surface area contributed by atoms with Crippen molar-refractivity contribution in [2.75, 3.05) is 18.4 Å². The number of amides is 2. The summed E-state index contributed by atoms with van der Waals surface area (Å²) in [5.74, 6) is 0.600. The van der Waals surface area contributed by atoms with Crippen molar-refractivity contribution in [2.24, 2.45) is 0 Å². The molecule has 0 unspecified atom stereocenters. The Balaban J connectivity index is 1.33. The number of carbonyl (C=O) groups is 1. The molecule has 2 aromatic carbocycles. The molecule has 1 aromatic heterocycles. The molecule has 0 saturated carbocycles. The van der Waals surface area contributed by atoms with E-state index in [-0.39, 0.29) is 12.1 Å². The van der Waals surface area contributed by atoms with Crippen molar-refractivity contribution in [1.29, 1.82) is 0 Å². The first-order chi connectivity index (χ1) is 12.2. The number of aryl methyl sites for hydroxylation is 1. The summed E-state index contributed by atoms with van der Waals surface area (Å²) in [6, 6.07) is 19.5. The van der Waals surface area contributed by atoms with Crippen LogP contribution in [0.3, 0.4) is 0 Å². The number of likely N-dealkylation sites (tertiary alicyclic amines) is 1. The fourth-order valence-electron chi connectivity index (χ4n) is 2.87. The van der Waals surface area contributed by atoms with Crippen LogP contribution < -0.4 is 10.1 Å². The highest BCUT2D eigenvalue weighted by molar-refractivity contribution is 5.90. The van der Waals surface area contributed by atoms with Gasteiger partial charge in [0.2, 0.25) is 5.88 Å². The maximum atomic E-state index is 12.3. The molecule has 4 rings (SSSR count). The molecule has 0 spiro atoms. The second-order valence-corrected chi connectivity index (χ2v) is 6.23. The summed E-state index contributed by atoms with van der Waals surface area (Å²) in [6.45, 7) is 3.10. The van der Waals surface area contributed by atoms with E-state index in [0.29, 0.717) is 19.0 Å². The van der Waals surface area contributed by atoms with E-state index in [4.69, 9.17) is 4.74 Å². The molecular weight excluding hydrogens is 314 g/mol. The summed E-state index contributed by atoms with van der Waals surface area (Å²) in [5, 5.41) is 4.02. The molecular formula is C20H19N3O2. The molecule has 1 saturated heterocycles. The molecule has 2 heterocycles. The molecule has 0 radical (unpaired) electrons. The molecule has 5 heteroatoms. The molecule has 0 atom stereocenters. The van der Waals surface area contributed by atoms with Crippen LogP contribution in [0.4, 0.5) is 10.5 Å². The summed E-state index contributed by atoms with van der Waals surface area (Å²) in [7, 11) is 0. The number of hydrogen-bond acceptors (Lipinski definition) is 3. The van der Waals surface area contributed by atoms with E-state index in [1.807, 2.05) is 67.6 Å². The van der Waals surface area contributed by atoms with Gasteiger partial charge in [-0.2, -0.15) is 0 Å². The Morgan fingerprint density at radius 3 is 2.68 bits per heavy atom. The van der Waals surface area contributed by atoms with Crippen molar-refractivity contribution in [3.8, 4) is 5.88 Å². The maximum Gasteiger partial charge on any atom is 0.322 e. The van der Waals surface area contributed by atoms with Crippen LogP contribution in [0.15, 0.2) is 60.7 Å². The first kappa shape index (κ1) is 15.4. The number of urea groups is 1. The van der Waals surface area contributed by atoms with Gasteiger partial charge in [0, 0.05) is 17.1 Å². The number of ether oxygens (including phenoxy) is 1. The maximum absolute atomic E-state index is 12.3. The van der Waals surface area contributed by atoms with Crippen molar-refractivity contribution in [2.45, 2.75) is 13.0 Å². The smallest absolute Gasteiger partial charge is 0.322 e. The minimum atomic E-state index is -0.0966. The summed E-state index contributed by atoms with van der Waals surface area (Å²) >= 11 is 0. The SMILES string of the molecule is Cc1ccccc1NC(=O)N1CC(Oc2ccc3ccccc3n2)C1. The summed E-state index contributed by atoms with van der Waals surface area (Å²) in [4.78, 5) is 18.5. The van der Waals surface area contributed by atoms with E-state index in [0.717, 1.165) is 22.2 Å². The Hall–Kier alpha value is -3.08. The van der Waals surface area contributed by atoms with Gasteiger partial charge in [-0.3, -0.25) is 0 Å². The van der Waals surface area contributed by atoms with Crippen molar-refractivity contribution >= 4 is 22.6 Å². The lowest BCUT2D eigenvalue weighted by atomic mass is 10.1. The zero-order valence-electron chi connectivity index (χ0n) is 14.0. The van der Waals surface area contributed by atoms with Gasteiger partial charge in [-0.05, 0) is 30.7 Å². The third-order valence-electron chi connectivity index (χ3n) is 4.38. The molecule has 1 N–H and O–H groups in total. The number of nitrogens with zero attached hydrogens (tertiary/aromatic N) is 2. The average molecular weight is 333 g/mol. The van der Waals surface area contributed by atoms with Crippen LogP contribution in [-0.2, 0) is 0 Å². The van der Waals surface area contributed by atoms with Crippen molar-refractivity contribution in [3.63, 3.8) is 0 Å². The third kappa shape index (κ3) is 3.26. The number of fused-ring (bicyclic) bond motifs is 1. The van der Waals surface area contributed by atoms with E-state index in [1.165, 1.54) is 0 Å². The molecule has 1 aliphatic heterocycles. The zero-order valence-corrected chi connectivity index (χ0v) is 14.0. The van der Waals surface area contributed by atoms with E-state index in [9.17, 15) is 4.79 Å². The fourth-order valence-corrected chi connectivity index (χ4v) is 2.87. The van der Waals surface area contributed by atoms with Crippen LogP contribution in [0, 0.1) is 6.92 Å². The summed E-state index contributed by atoms with van der Waals surface area (Å²) in [6.07, 6.45) is -0.0173. The molecule has 3 aromatic rings. The third-order valence-corrected chi connectivity index (χ3v) is 4.38. The molecule has 0 bridgehead atoms. The van der Waals surface area contributed by atoms with E-state index in [1.54, 1.807) is 4.90 Å². The Labute approximate surface area is 146 Å². The Morgan fingerprint density at radius 2 is 1.84 bits per heavy atom. The minimum Gasteiger partial charge on any atom is -0.471 e. The molecule has 25 heavy (non-hydrogen) atoms. The van der Waals surface area contributed by atoms with Gasteiger partial charge in [-0.1, -0.05) is 36.4 Å². The largest absolute Gasteiger partial charge is 0.471 e. The van der Waals surface area contributed by atoms with Crippen LogP contribution in [0.25, 0.3) is 10.9 Å². The number of anilines is 1. The van der Waals surface area contributed by atoms with E-state index in [2.05, 4.69) is 10.3 Å². The summed E-state index contributed by atoms with van der Waals surface area (Å²) < 4.78 is 5.88. The fraction of sp³-hybridized carbons (Fsp3) is 0.200. The number of pyridine rings is 1. The molecule has 2 amide bonds. The lowest BCUT2D eigenvalue weighted by Crippen LogP contribution is -2.57. The van der Waals surface area contributed by atoms with Gasteiger partial charge in [0.25, 0.3) is 0 Å². The number of rotatable bonds is 3. The monoisotopic (exact) mass is 333 g/mol. The number of hydrogen-bond donors (Lipinski definition) is 1. The molecule has 126 valence electrons. The normalized spacial score (nSPS) is 14.2. The van der Waals surface area contributed by atoms with Crippen LogP contribution in [0.2, 0.25) is 0 Å². The van der Waals surface area contributed by atoms with Gasteiger partial charge in [0.1, 0.15) is 6.10 Å². The summed E-state index contributed by atoms with van der Waals surface area (Å²) in [5.41, 5.74) is 2.80. The lowest BCUT2D eigenvalue weighted by Gasteiger charge is -2.38. The van der Waals surface area contributed by atoms with E-state index >= 15 is 0 Å². The van der Waals surface area contributed by atoms with E-state index < -0.39 is 0 Å². The molecule has 5 nitrogen and oxygen atoms in total. The van der Waals surface area contributed by atoms with Crippen LogP contribution in [0.5, 0.6) is 5.88 Å². The standard InChI is InChI=1S/C20H19N3O2/c1-14-6-2-4-8-17(14)22-20(24)23-12-16(13-23)25-19-11-10-15-7-3-5-9-18(15)21-19/h2-11,16H,12-13H2,1H3,(H,22,24). The Morgan fingerprint density at radius 1 is 1.08 bits per heavy atom. The Bertz CT molecular complexity index is 919. The predicted octanol–water partition coefficient (Wildman–Crippen LogP) is 3.84. The number of aromatic nitrogens is 1. The quantitative estimate of drug-likeness (QED) is 0.792. The average Bonchev–Trinajstić information content (AvgIpc) is 2.59. The second-order valence-electron chi connectivity index (χ2n) is 6.23. The molecule has 0 aliphatic carbocycles. The van der Waals surface area contributed by atoms with Gasteiger partial charge in [-0.15, -0.1) is 0 Å². The lowest BCUT2D eigenvalue weighted by molar-refractivity contribution is 0.0463.